The summed E-state index contributed by atoms with van der Waals surface area (Å²) in [5, 5.41) is 0. The summed E-state index contributed by atoms with van der Waals surface area (Å²) in [6.07, 6.45) is 5.82. The van der Waals surface area contributed by atoms with Crippen LogP contribution >= 0.6 is 0 Å². The molecule has 3 rings (SSSR count). The Morgan fingerprint density at radius 3 is 2.19 bits per heavy atom. The average molecular weight is 366 g/mol. The fraction of sp³-hybridized carbons (Fsp3) is 0.318. The largest absolute Gasteiger partial charge is 0.497 e. The van der Waals surface area contributed by atoms with Crippen molar-refractivity contribution in [3.63, 3.8) is 0 Å². The molecule has 1 aromatic heterocycles. The third kappa shape index (κ3) is 5.34. The lowest BCUT2D eigenvalue weighted by Gasteiger charge is -2.09. The molecule has 0 N–H and O–H groups in total. The van der Waals surface area contributed by atoms with E-state index in [4.69, 9.17) is 14.2 Å². The molecule has 142 valence electrons. The molecule has 1 heterocycles. The van der Waals surface area contributed by atoms with Crippen LogP contribution in [-0.4, -0.2) is 37.0 Å². The molecule has 0 saturated heterocycles. The Bertz CT molecular complexity index is 810. The van der Waals surface area contributed by atoms with Crippen molar-refractivity contribution < 1.29 is 14.2 Å². The molecule has 5 nitrogen and oxygen atoms in total. The molecule has 0 aliphatic rings. The second-order valence-corrected chi connectivity index (χ2v) is 6.24. The van der Waals surface area contributed by atoms with Gasteiger partial charge in [-0.3, -0.25) is 0 Å². The minimum Gasteiger partial charge on any atom is -0.497 e. The molecule has 5 heteroatoms. The summed E-state index contributed by atoms with van der Waals surface area (Å²) < 4.78 is 18.3. The van der Waals surface area contributed by atoms with Gasteiger partial charge >= 0.3 is 0 Å². The third-order valence-corrected chi connectivity index (χ3v) is 4.45. The lowest BCUT2D eigenvalue weighted by Crippen LogP contribution is -2.08. The monoisotopic (exact) mass is 366 g/mol. The molecule has 0 saturated carbocycles. The predicted octanol–water partition coefficient (Wildman–Crippen LogP) is 4.22. The molecule has 0 spiro atoms. The number of aryl methyl sites for hydroxylation is 1. The number of nitrogens with zero attached hydrogens (tertiary/aromatic N) is 2. The fourth-order valence-corrected chi connectivity index (χ4v) is 2.93. The number of methoxy groups -OCH3 is 2. The van der Waals surface area contributed by atoms with E-state index >= 15 is 0 Å². The van der Waals surface area contributed by atoms with E-state index in [1.165, 1.54) is 5.56 Å². The highest BCUT2D eigenvalue weighted by atomic mass is 16.5. The molecule has 2 aromatic carbocycles. The third-order valence-electron chi connectivity index (χ3n) is 4.45. The van der Waals surface area contributed by atoms with Crippen LogP contribution in [0.15, 0.2) is 60.9 Å². The summed E-state index contributed by atoms with van der Waals surface area (Å²) in [6, 6.07) is 16.1. The molecule has 0 atom stereocenters. The Morgan fingerprint density at radius 2 is 1.52 bits per heavy atom. The van der Waals surface area contributed by atoms with Gasteiger partial charge in [0.25, 0.3) is 0 Å². The van der Waals surface area contributed by atoms with Crippen LogP contribution < -0.4 is 9.47 Å². The van der Waals surface area contributed by atoms with Crippen LogP contribution in [0, 0.1) is 0 Å². The van der Waals surface area contributed by atoms with Crippen molar-refractivity contribution >= 4 is 0 Å². The van der Waals surface area contributed by atoms with Gasteiger partial charge in [-0.05, 0) is 54.8 Å². The Hall–Kier alpha value is -2.79. The van der Waals surface area contributed by atoms with Gasteiger partial charge in [0, 0.05) is 31.1 Å². The number of ether oxygens (including phenoxy) is 3. The zero-order valence-corrected chi connectivity index (χ0v) is 15.9. The van der Waals surface area contributed by atoms with E-state index in [9.17, 15) is 0 Å². The zero-order valence-electron chi connectivity index (χ0n) is 15.9. The minimum absolute atomic E-state index is 0.669. The fourth-order valence-electron chi connectivity index (χ4n) is 2.93. The summed E-state index contributed by atoms with van der Waals surface area (Å²) >= 11 is 0. The van der Waals surface area contributed by atoms with Crippen molar-refractivity contribution in [1.29, 1.82) is 0 Å². The van der Waals surface area contributed by atoms with E-state index in [0.29, 0.717) is 6.61 Å². The van der Waals surface area contributed by atoms with Crippen LogP contribution in [0.1, 0.15) is 12.0 Å². The number of aromatic nitrogens is 2. The number of imidazole rings is 1. The molecule has 0 radical (unpaired) electrons. The molecule has 0 aliphatic heterocycles. The summed E-state index contributed by atoms with van der Waals surface area (Å²) in [5.74, 6) is 2.68. The Morgan fingerprint density at radius 1 is 0.852 bits per heavy atom. The zero-order chi connectivity index (χ0) is 18.9. The van der Waals surface area contributed by atoms with E-state index in [2.05, 4.69) is 21.7 Å². The first-order valence-electron chi connectivity index (χ1n) is 9.16. The van der Waals surface area contributed by atoms with E-state index in [0.717, 1.165) is 48.9 Å². The van der Waals surface area contributed by atoms with Gasteiger partial charge in [0.15, 0.2) is 0 Å². The van der Waals surface area contributed by atoms with Crippen LogP contribution in [-0.2, 0) is 17.7 Å². The van der Waals surface area contributed by atoms with Gasteiger partial charge in [0.05, 0.1) is 20.8 Å². The summed E-state index contributed by atoms with van der Waals surface area (Å²) in [7, 11) is 3.35. The molecular formula is C22H26N2O3. The second-order valence-electron chi connectivity index (χ2n) is 6.24. The van der Waals surface area contributed by atoms with Crippen LogP contribution in [0.5, 0.6) is 11.5 Å². The Labute approximate surface area is 160 Å². The van der Waals surface area contributed by atoms with E-state index in [1.54, 1.807) is 14.2 Å². The number of rotatable bonds is 10. The second kappa shape index (κ2) is 9.78. The molecular weight excluding hydrogens is 340 g/mol. The van der Waals surface area contributed by atoms with Crippen molar-refractivity contribution in [3.8, 4) is 22.9 Å². The number of hydrogen-bond acceptors (Lipinski definition) is 4. The van der Waals surface area contributed by atoms with Crippen molar-refractivity contribution in [3.05, 3.63) is 66.5 Å². The maximum Gasteiger partial charge on any atom is 0.139 e. The van der Waals surface area contributed by atoms with Crippen LogP contribution in [0.4, 0.5) is 0 Å². The number of benzene rings is 2. The molecule has 0 unspecified atom stereocenters. The normalized spacial score (nSPS) is 10.7. The Balaban J connectivity index is 1.41. The van der Waals surface area contributed by atoms with E-state index in [-0.39, 0.29) is 0 Å². The van der Waals surface area contributed by atoms with Gasteiger partial charge in [-0.25, -0.2) is 4.98 Å². The van der Waals surface area contributed by atoms with Crippen molar-refractivity contribution in [2.75, 3.05) is 27.4 Å². The SMILES string of the molecule is COc1ccc(CCCOCCn2ccnc2-c2ccc(OC)cc2)cc1. The highest BCUT2D eigenvalue weighted by Crippen LogP contribution is 2.21. The van der Waals surface area contributed by atoms with Gasteiger partial charge in [-0.1, -0.05) is 12.1 Å². The van der Waals surface area contributed by atoms with Crippen LogP contribution in [0.25, 0.3) is 11.4 Å². The molecule has 0 amide bonds. The molecule has 3 aromatic rings. The lowest BCUT2D eigenvalue weighted by molar-refractivity contribution is 0.124. The van der Waals surface area contributed by atoms with Gasteiger partial charge < -0.3 is 18.8 Å². The Kier molecular flexibility index (Phi) is 6.88. The van der Waals surface area contributed by atoms with Crippen LogP contribution in [0.2, 0.25) is 0 Å². The standard InChI is InChI=1S/C22H26N2O3/c1-25-20-9-5-18(6-10-20)4-3-16-27-17-15-24-14-13-23-22(24)19-7-11-21(26-2)12-8-19/h5-14H,3-4,15-17H2,1-2H3. The first kappa shape index (κ1) is 19.0. The van der Waals surface area contributed by atoms with Crippen molar-refractivity contribution in [2.24, 2.45) is 0 Å². The van der Waals surface area contributed by atoms with E-state index < -0.39 is 0 Å². The quantitative estimate of drug-likeness (QED) is 0.504. The molecule has 0 fully saturated rings. The van der Waals surface area contributed by atoms with Gasteiger partial charge in [-0.2, -0.15) is 0 Å². The smallest absolute Gasteiger partial charge is 0.139 e. The molecule has 0 bridgehead atoms. The lowest BCUT2D eigenvalue weighted by atomic mass is 10.1. The highest BCUT2D eigenvalue weighted by Gasteiger charge is 2.06. The van der Waals surface area contributed by atoms with Crippen molar-refractivity contribution in [2.45, 2.75) is 19.4 Å². The summed E-state index contributed by atoms with van der Waals surface area (Å²) in [4.78, 5) is 4.47. The first-order chi connectivity index (χ1) is 13.3. The number of hydrogen-bond donors (Lipinski definition) is 0. The maximum absolute atomic E-state index is 5.81. The minimum atomic E-state index is 0.669. The molecule has 27 heavy (non-hydrogen) atoms. The van der Waals surface area contributed by atoms with Gasteiger partial charge in [-0.15, -0.1) is 0 Å². The van der Waals surface area contributed by atoms with Gasteiger partial charge in [0.1, 0.15) is 17.3 Å². The van der Waals surface area contributed by atoms with Gasteiger partial charge in [0.2, 0.25) is 0 Å². The highest BCUT2D eigenvalue weighted by molar-refractivity contribution is 5.56. The first-order valence-corrected chi connectivity index (χ1v) is 9.16. The summed E-state index contributed by atoms with van der Waals surface area (Å²) in [6.45, 7) is 2.20. The topological polar surface area (TPSA) is 45.5 Å². The predicted molar refractivity (Wildman–Crippen MR) is 106 cm³/mol. The van der Waals surface area contributed by atoms with Crippen molar-refractivity contribution in [1.82, 2.24) is 9.55 Å². The maximum atomic E-state index is 5.81. The summed E-state index contributed by atoms with van der Waals surface area (Å²) in [5.41, 5.74) is 2.37. The molecule has 0 aliphatic carbocycles. The van der Waals surface area contributed by atoms with E-state index in [1.807, 2.05) is 48.8 Å². The average Bonchev–Trinajstić information content (AvgIpc) is 3.19. The van der Waals surface area contributed by atoms with Crippen LogP contribution in [0.3, 0.4) is 0 Å².